The minimum absolute atomic E-state index is 0.123. The molecule has 1 aromatic heterocycles. The number of nitrogens with one attached hydrogen (secondary N) is 1. The summed E-state index contributed by atoms with van der Waals surface area (Å²) in [6, 6.07) is 13.0. The maximum Gasteiger partial charge on any atom is 0.267 e. The summed E-state index contributed by atoms with van der Waals surface area (Å²) >= 11 is 2.96. The Labute approximate surface area is 149 Å². The second-order valence-electron chi connectivity index (χ2n) is 4.59. The molecule has 0 saturated heterocycles. The Morgan fingerprint density at radius 1 is 1.33 bits per heavy atom. The highest BCUT2D eigenvalue weighted by atomic mass is 32.2. The molecule has 0 atom stereocenters. The molecule has 0 aliphatic rings. The van der Waals surface area contributed by atoms with Crippen LogP contribution in [0.4, 0.5) is 0 Å². The Morgan fingerprint density at radius 3 is 2.83 bits per heavy atom. The standard InChI is InChI=1S/C16H17N5OS2/c1-23-16(19-11-17)18-9-10-24-12-21-15(22)8-7-14(20-21)13-5-3-2-4-6-13/h2-8H,9-10,12H2,1H3,(H,18,19). The highest BCUT2D eigenvalue weighted by Gasteiger charge is 2.03. The van der Waals surface area contributed by atoms with Gasteiger partial charge in [-0.15, -0.1) is 11.8 Å². The van der Waals surface area contributed by atoms with Crippen LogP contribution in [0.1, 0.15) is 0 Å². The Bertz CT molecular complexity index is 783. The molecule has 2 rings (SSSR count). The zero-order valence-corrected chi connectivity index (χ0v) is 14.8. The largest absolute Gasteiger partial charge is 0.272 e. The second-order valence-corrected chi connectivity index (χ2v) is 6.46. The highest BCUT2D eigenvalue weighted by molar-refractivity contribution is 8.13. The molecule has 6 nitrogen and oxygen atoms in total. The quantitative estimate of drug-likeness (QED) is 0.280. The molecule has 0 unspecified atom stereocenters. The van der Waals surface area contributed by atoms with Crippen molar-refractivity contribution >= 4 is 28.7 Å². The van der Waals surface area contributed by atoms with Gasteiger partial charge in [0.05, 0.1) is 18.1 Å². The normalized spacial score (nSPS) is 11.1. The van der Waals surface area contributed by atoms with Crippen molar-refractivity contribution in [1.82, 2.24) is 15.1 Å². The smallest absolute Gasteiger partial charge is 0.267 e. The van der Waals surface area contributed by atoms with Gasteiger partial charge in [0.1, 0.15) is 0 Å². The number of aromatic nitrogens is 2. The Kier molecular flexibility index (Phi) is 7.39. The van der Waals surface area contributed by atoms with E-state index in [-0.39, 0.29) is 5.56 Å². The fourth-order valence-electron chi connectivity index (χ4n) is 1.87. The van der Waals surface area contributed by atoms with Gasteiger partial charge in [-0.2, -0.15) is 10.4 Å². The molecule has 1 N–H and O–H groups in total. The van der Waals surface area contributed by atoms with E-state index in [2.05, 4.69) is 15.4 Å². The summed E-state index contributed by atoms with van der Waals surface area (Å²) in [7, 11) is 0. The number of hydrogen-bond donors (Lipinski definition) is 1. The van der Waals surface area contributed by atoms with Crippen LogP contribution in [0, 0.1) is 11.5 Å². The molecule has 8 heteroatoms. The van der Waals surface area contributed by atoms with E-state index in [1.165, 1.54) is 22.5 Å². The third-order valence-corrected chi connectivity index (χ3v) is 4.51. The Hall–Kier alpha value is -2.24. The van der Waals surface area contributed by atoms with E-state index >= 15 is 0 Å². The highest BCUT2D eigenvalue weighted by Crippen LogP contribution is 2.14. The first-order valence-electron chi connectivity index (χ1n) is 7.19. The number of thioether (sulfide) groups is 2. The molecule has 0 bridgehead atoms. The van der Waals surface area contributed by atoms with Gasteiger partial charge >= 0.3 is 0 Å². The molecule has 0 spiro atoms. The maximum atomic E-state index is 11.9. The van der Waals surface area contributed by atoms with E-state index in [1.54, 1.807) is 17.8 Å². The molecule has 1 heterocycles. The van der Waals surface area contributed by atoms with Crippen LogP contribution in [-0.4, -0.2) is 33.5 Å². The summed E-state index contributed by atoms with van der Waals surface area (Å²) in [6.45, 7) is 0.572. The van der Waals surface area contributed by atoms with E-state index in [4.69, 9.17) is 5.26 Å². The Morgan fingerprint density at radius 2 is 2.12 bits per heavy atom. The lowest BCUT2D eigenvalue weighted by Crippen LogP contribution is -2.21. The fraction of sp³-hybridized carbons (Fsp3) is 0.250. The van der Waals surface area contributed by atoms with Crippen LogP contribution < -0.4 is 10.9 Å². The van der Waals surface area contributed by atoms with Gasteiger partial charge in [0.25, 0.3) is 5.56 Å². The second kappa shape index (κ2) is 9.80. The predicted molar refractivity (Wildman–Crippen MR) is 101 cm³/mol. The molecule has 0 amide bonds. The van der Waals surface area contributed by atoms with E-state index in [0.29, 0.717) is 17.6 Å². The molecular weight excluding hydrogens is 342 g/mol. The summed E-state index contributed by atoms with van der Waals surface area (Å²) in [5.41, 5.74) is 1.63. The van der Waals surface area contributed by atoms with Gasteiger partial charge in [-0.25, -0.2) is 4.68 Å². The van der Waals surface area contributed by atoms with Crippen molar-refractivity contribution in [3.63, 3.8) is 0 Å². The topological polar surface area (TPSA) is 83.1 Å². The first kappa shape index (κ1) is 18.1. The van der Waals surface area contributed by atoms with Gasteiger partial charge in [-0.1, -0.05) is 42.1 Å². The average molecular weight is 359 g/mol. The van der Waals surface area contributed by atoms with Crippen molar-refractivity contribution in [2.24, 2.45) is 4.99 Å². The van der Waals surface area contributed by atoms with E-state index < -0.39 is 0 Å². The van der Waals surface area contributed by atoms with Crippen LogP contribution >= 0.6 is 23.5 Å². The zero-order chi connectivity index (χ0) is 17.2. The monoisotopic (exact) mass is 359 g/mol. The van der Waals surface area contributed by atoms with Crippen molar-refractivity contribution in [3.8, 4) is 17.5 Å². The van der Waals surface area contributed by atoms with Crippen LogP contribution in [0.5, 0.6) is 0 Å². The molecule has 0 aliphatic carbocycles. The summed E-state index contributed by atoms with van der Waals surface area (Å²) < 4.78 is 1.46. The summed E-state index contributed by atoms with van der Waals surface area (Å²) in [6.07, 6.45) is 3.71. The number of benzene rings is 1. The molecule has 0 saturated carbocycles. The molecular formula is C16H17N5OS2. The zero-order valence-electron chi connectivity index (χ0n) is 13.2. The van der Waals surface area contributed by atoms with Crippen molar-refractivity contribution < 1.29 is 0 Å². The van der Waals surface area contributed by atoms with Gasteiger partial charge < -0.3 is 0 Å². The summed E-state index contributed by atoms with van der Waals surface area (Å²) in [4.78, 5) is 16.2. The van der Waals surface area contributed by atoms with Crippen molar-refractivity contribution in [2.45, 2.75) is 5.88 Å². The van der Waals surface area contributed by atoms with Gasteiger partial charge in [-0.05, 0) is 12.3 Å². The molecule has 2 aromatic rings. The van der Waals surface area contributed by atoms with Crippen molar-refractivity contribution in [2.75, 3.05) is 18.6 Å². The van der Waals surface area contributed by atoms with Gasteiger partial charge in [-0.3, -0.25) is 15.1 Å². The maximum absolute atomic E-state index is 11.9. The lowest BCUT2D eigenvalue weighted by Gasteiger charge is -2.06. The number of hydrogen-bond acceptors (Lipinski definition) is 6. The van der Waals surface area contributed by atoms with Crippen LogP contribution in [0.25, 0.3) is 11.3 Å². The summed E-state index contributed by atoms with van der Waals surface area (Å²) in [5.74, 6) is 1.20. The molecule has 24 heavy (non-hydrogen) atoms. The number of rotatable bonds is 6. The fourth-order valence-corrected chi connectivity index (χ4v) is 2.95. The molecule has 124 valence electrons. The SMILES string of the molecule is CSC(=NCCSCn1nc(-c2ccccc2)ccc1=O)NC#N. The number of nitriles is 1. The van der Waals surface area contributed by atoms with Gasteiger partial charge in [0.2, 0.25) is 0 Å². The Balaban J connectivity index is 1.93. The number of amidine groups is 1. The third-order valence-electron chi connectivity index (χ3n) is 3.00. The lowest BCUT2D eigenvalue weighted by molar-refractivity contribution is 0.697. The minimum Gasteiger partial charge on any atom is -0.272 e. The van der Waals surface area contributed by atoms with Crippen LogP contribution in [0.15, 0.2) is 52.3 Å². The molecule has 0 fully saturated rings. The number of aliphatic imine (C=N–C) groups is 1. The predicted octanol–water partition coefficient (Wildman–Crippen LogP) is 2.39. The molecule has 1 aromatic carbocycles. The first-order valence-corrected chi connectivity index (χ1v) is 9.57. The van der Waals surface area contributed by atoms with E-state index in [9.17, 15) is 4.79 Å². The lowest BCUT2D eigenvalue weighted by atomic mass is 10.1. The first-order chi connectivity index (χ1) is 11.7. The van der Waals surface area contributed by atoms with Crippen molar-refractivity contribution in [3.05, 3.63) is 52.8 Å². The third kappa shape index (κ3) is 5.44. The van der Waals surface area contributed by atoms with Gasteiger partial charge in [0.15, 0.2) is 11.4 Å². The van der Waals surface area contributed by atoms with Crippen LogP contribution in [-0.2, 0) is 5.88 Å². The summed E-state index contributed by atoms with van der Waals surface area (Å²) in [5, 5.41) is 16.1. The van der Waals surface area contributed by atoms with Gasteiger partial charge in [0, 0.05) is 17.4 Å². The van der Waals surface area contributed by atoms with Crippen molar-refractivity contribution in [1.29, 1.82) is 5.26 Å². The minimum atomic E-state index is -0.123. The number of nitrogens with zero attached hydrogens (tertiary/aromatic N) is 4. The van der Waals surface area contributed by atoms with E-state index in [1.807, 2.05) is 42.8 Å². The molecule has 0 radical (unpaired) electrons. The average Bonchev–Trinajstić information content (AvgIpc) is 2.62. The van der Waals surface area contributed by atoms with Crippen LogP contribution in [0.3, 0.4) is 0 Å². The van der Waals surface area contributed by atoms with Crippen LogP contribution in [0.2, 0.25) is 0 Å². The van der Waals surface area contributed by atoms with E-state index in [0.717, 1.165) is 17.0 Å². The molecule has 0 aliphatic heterocycles.